The van der Waals surface area contributed by atoms with Gasteiger partial charge in [-0.3, -0.25) is 9.36 Å². The Morgan fingerprint density at radius 2 is 2.13 bits per heavy atom. The molecule has 0 spiro atoms. The summed E-state index contributed by atoms with van der Waals surface area (Å²) in [4.78, 5) is 12.0. The number of benzene rings is 1. The molecule has 0 radical (unpaired) electrons. The lowest BCUT2D eigenvalue weighted by Crippen LogP contribution is -2.47. The lowest BCUT2D eigenvalue weighted by atomic mass is 10.1. The quantitative estimate of drug-likeness (QED) is 0.574. The molecule has 0 bridgehead atoms. The van der Waals surface area contributed by atoms with Crippen LogP contribution in [0.25, 0.3) is 0 Å². The summed E-state index contributed by atoms with van der Waals surface area (Å²) >= 11 is 0. The zero-order valence-corrected chi connectivity index (χ0v) is 14.6. The van der Waals surface area contributed by atoms with Crippen LogP contribution in [0.3, 0.4) is 0 Å². The topological polar surface area (TPSA) is 97.7 Å². The number of hydrogen-bond donors (Lipinski definition) is 1. The molecule has 1 atom stereocenters. The molecule has 1 N–H and O–H groups in total. The zero-order valence-electron chi connectivity index (χ0n) is 13.7. The molecule has 0 aliphatic heterocycles. The van der Waals surface area contributed by atoms with Crippen molar-refractivity contribution in [2.45, 2.75) is 26.3 Å². The molecule has 23 heavy (non-hydrogen) atoms. The summed E-state index contributed by atoms with van der Waals surface area (Å²) in [5, 5.41) is 11.6. The Hall–Kier alpha value is -1.87. The van der Waals surface area contributed by atoms with Gasteiger partial charge in [-0.25, -0.2) is 5.09 Å². The number of rotatable bonds is 8. The first-order valence-corrected chi connectivity index (χ1v) is 8.82. The van der Waals surface area contributed by atoms with Gasteiger partial charge in [-0.15, -0.1) is 0 Å². The largest absolute Gasteiger partial charge is 0.465 e. The van der Waals surface area contributed by atoms with Crippen molar-refractivity contribution in [1.29, 1.82) is 5.26 Å². The van der Waals surface area contributed by atoms with Gasteiger partial charge in [0.1, 0.15) is 17.6 Å². The van der Waals surface area contributed by atoms with Crippen LogP contribution in [0.15, 0.2) is 24.3 Å². The number of nitriles is 1. The number of esters is 1. The van der Waals surface area contributed by atoms with Crippen LogP contribution in [0.4, 0.5) is 0 Å². The molecule has 126 valence electrons. The first kappa shape index (κ1) is 19.2. The molecule has 0 aromatic heterocycles. The van der Waals surface area contributed by atoms with Crippen LogP contribution in [0.1, 0.15) is 26.3 Å². The second kappa shape index (κ2) is 8.11. The average Bonchev–Trinajstić information content (AvgIpc) is 2.47. The highest BCUT2D eigenvalue weighted by atomic mass is 31.2. The van der Waals surface area contributed by atoms with Crippen molar-refractivity contribution in [3.05, 3.63) is 29.8 Å². The van der Waals surface area contributed by atoms with Crippen molar-refractivity contribution < 1.29 is 23.4 Å². The van der Waals surface area contributed by atoms with Crippen LogP contribution in [-0.2, 0) is 18.8 Å². The third kappa shape index (κ3) is 5.68. The van der Waals surface area contributed by atoms with E-state index in [4.69, 9.17) is 19.3 Å². The van der Waals surface area contributed by atoms with E-state index in [1.54, 1.807) is 39.0 Å². The number of carbonyl (C=O) groups is 1. The second-order valence-electron chi connectivity index (χ2n) is 5.28. The van der Waals surface area contributed by atoms with E-state index < -0.39 is 19.0 Å². The molecule has 0 fully saturated rings. The summed E-state index contributed by atoms with van der Waals surface area (Å²) in [6.45, 7) is 4.99. The number of carbonyl (C=O) groups excluding carboxylic acids is 1. The molecule has 0 saturated carbocycles. The minimum absolute atomic E-state index is 0.212. The number of ether oxygens (including phenoxy) is 2. The highest BCUT2D eigenvalue weighted by Gasteiger charge is 2.38. The van der Waals surface area contributed by atoms with E-state index in [1.165, 1.54) is 13.2 Å². The van der Waals surface area contributed by atoms with E-state index in [1.807, 2.05) is 6.07 Å². The fraction of sp³-hybridized carbons (Fsp3) is 0.467. The Kier molecular flexibility index (Phi) is 6.77. The van der Waals surface area contributed by atoms with Crippen molar-refractivity contribution in [1.82, 2.24) is 5.09 Å². The SMILES string of the molecule is CCOC(=O)C(C)(C)NP(=O)(COC)Oc1cccc(C#N)c1. The normalized spacial score (nSPS) is 13.7. The first-order valence-electron chi connectivity index (χ1n) is 7.01. The molecule has 7 nitrogen and oxygen atoms in total. The standard InChI is InChI=1S/C15H21N2O5P/c1-5-21-14(18)15(2,3)17-23(19,11-20-4)22-13-8-6-7-12(9-13)10-16/h6-9H,5,11H2,1-4H3,(H,17,19). The summed E-state index contributed by atoms with van der Waals surface area (Å²) < 4.78 is 28.4. The van der Waals surface area contributed by atoms with Crippen molar-refractivity contribution in [3.8, 4) is 11.8 Å². The number of nitrogens with one attached hydrogen (secondary N) is 1. The second-order valence-corrected chi connectivity index (χ2v) is 7.29. The maximum absolute atomic E-state index is 13.0. The predicted octanol–water partition coefficient (Wildman–Crippen LogP) is 2.67. The third-order valence-electron chi connectivity index (χ3n) is 2.75. The lowest BCUT2D eigenvalue weighted by Gasteiger charge is -2.29. The predicted molar refractivity (Wildman–Crippen MR) is 85.1 cm³/mol. The van der Waals surface area contributed by atoms with E-state index in [9.17, 15) is 9.36 Å². The Morgan fingerprint density at radius 1 is 1.43 bits per heavy atom. The summed E-state index contributed by atoms with van der Waals surface area (Å²) in [6, 6.07) is 8.22. The van der Waals surface area contributed by atoms with Crippen LogP contribution in [0.2, 0.25) is 0 Å². The maximum atomic E-state index is 13.0. The van der Waals surface area contributed by atoms with Gasteiger partial charge in [-0.1, -0.05) is 6.07 Å². The van der Waals surface area contributed by atoms with Gasteiger partial charge in [0.2, 0.25) is 0 Å². The molecule has 0 heterocycles. The van der Waals surface area contributed by atoms with E-state index >= 15 is 0 Å². The summed E-state index contributed by atoms with van der Waals surface area (Å²) in [7, 11) is -2.18. The Labute approximate surface area is 136 Å². The van der Waals surface area contributed by atoms with Gasteiger partial charge in [-0.05, 0) is 39.0 Å². The minimum atomic E-state index is -3.55. The van der Waals surface area contributed by atoms with Crippen molar-refractivity contribution >= 4 is 13.5 Å². The highest BCUT2D eigenvalue weighted by Crippen LogP contribution is 2.45. The fourth-order valence-corrected chi connectivity index (χ4v) is 3.73. The van der Waals surface area contributed by atoms with E-state index in [0.29, 0.717) is 5.56 Å². The average molecular weight is 340 g/mol. The van der Waals surface area contributed by atoms with Crippen LogP contribution in [0, 0.1) is 11.3 Å². The van der Waals surface area contributed by atoms with Gasteiger partial charge in [0.25, 0.3) is 0 Å². The molecule has 0 saturated heterocycles. The molecule has 1 rings (SSSR count). The van der Waals surface area contributed by atoms with Crippen LogP contribution in [-0.4, -0.2) is 31.6 Å². The Balaban J connectivity index is 3.00. The first-order chi connectivity index (χ1) is 10.8. The minimum Gasteiger partial charge on any atom is -0.465 e. The molecule has 1 unspecified atom stereocenters. The zero-order chi connectivity index (χ0) is 17.5. The van der Waals surface area contributed by atoms with Crippen LogP contribution in [0.5, 0.6) is 5.75 Å². The fourth-order valence-electron chi connectivity index (χ4n) is 1.83. The number of methoxy groups -OCH3 is 1. The maximum Gasteiger partial charge on any atom is 0.342 e. The molecular weight excluding hydrogens is 319 g/mol. The van der Waals surface area contributed by atoms with E-state index in [-0.39, 0.29) is 18.7 Å². The van der Waals surface area contributed by atoms with Gasteiger partial charge >= 0.3 is 13.5 Å². The Bertz CT molecular complexity index is 639. The lowest BCUT2D eigenvalue weighted by molar-refractivity contribution is -0.149. The molecule has 8 heteroatoms. The van der Waals surface area contributed by atoms with Gasteiger partial charge in [0.05, 0.1) is 18.2 Å². The Morgan fingerprint density at radius 3 is 2.70 bits per heavy atom. The molecule has 0 aliphatic rings. The molecule has 0 amide bonds. The van der Waals surface area contributed by atoms with Crippen molar-refractivity contribution in [2.24, 2.45) is 0 Å². The van der Waals surface area contributed by atoms with Crippen LogP contribution >= 0.6 is 7.52 Å². The monoisotopic (exact) mass is 340 g/mol. The molecule has 0 aliphatic carbocycles. The van der Waals surface area contributed by atoms with Gasteiger partial charge in [0.15, 0.2) is 0 Å². The summed E-state index contributed by atoms with van der Waals surface area (Å²) in [5.41, 5.74) is -0.854. The highest BCUT2D eigenvalue weighted by molar-refractivity contribution is 7.57. The summed E-state index contributed by atoms with van der Waals surface area (Å²) in [6.07, 6.45) is -0.243. The van der Waals surface area contributed by atoms with E-state index in [2.05, 4.69) is 5.09 Å². The number of hydrogen-bond acceptors (Lipinski definition) is 6. The molecule has 1 aromatic carbocycles. The molecular formula is C15H21N2O5P. The van der Waals surface area contributed by atoms with Gasteiger partial charge in [0, 0.05) is 7.11 Å². The smallest absolute Gasteiger partial charge is 0.342 e. The summed E-state index contributed by atoms with van der Waals surface area (Å²) in [5.74, 6) is -0.303. The van der Waals surface area contributed by atoms with Gasteiger partial charge in [-0.2, -0.15) is 5.26 Å². The third-order valence-corrected chi connectivity index (χ3v) is 4.75. The van der Waals surface area contributed by atoms with Crippen molar-refractivity contribution in [3.63, 3.8) is 0 Å². The van der Waals surface area contributed by atoms with Crippen molar-refractivity contribution in [2.75, 3.05) is 20.1 Å². The van der Waals surface area contributed by atoms with Crippen LogP contribution < -0.4 is 9.61 Å². The van der Waals surface area contributed by atoms with Gasteiger partial charge < -0.3 is 14.0 Å². The number of nitrogens with zero attached hydrogens (tertiary/aromatic N) is 1. The molecule has 1 aromatic rings. The van der Waals surface area contributed by atoms with E-state index in [0.717, 1.165) is 0 Å².